The second-order valence-electron chi connectivity index (χ2n) is 4.67. The van der Waals surface area contributed by atoms with Gasteiger partial charge in [-0.05, 0) is 0 Å². The number of hydrogen-bond donors (Lipinski definition) is 5. The number of aromatic nitrogens is 2. The lowest BCUT2D eigenvalue weighted by Crippen LogP contribution is -2.49. The van der Waals surface area contributed by atoms with E-state index in [0.29, 0.717) is 0 Å². The molecule has 0 bridgehead atoms. The van der Waals surface area contributed by atoms with Crippen molar-refractivity contribution in [3.05, 3.63) is 22.8 Å². The Morgan fingerprint density at radius 3 is 3.04 bits per heavy atom. The van der Waals surface area contributed by atoms with Crippen molar-refractivity contribution >= 4 is 31.2 Å². The minimum Gasteiger partial charge on any atom is -0.387 e. The van der Waals surface area contributed by atoms with Crippen LogP contribution in [0.5, 0.6) is 0 Å². The lowest BCUT2D eigenvalue weighted by Gasteiger charge is -2.32. The molecule has 1 aromatic rings. The number of carbonyl (C=O) groups excluding carboxylic acids is 1. The number of hydrogen-bond acceptors (Lipinski definition) is 9. The molecule has 23 heavy (non-hydrogen) atoms. The third kappa shape index (κ3) is 2.85. The number of nitrogens with one attached hydrogen (secondary N) is 2. The maximum atomic E-state index is 12.5. The van der Waals surface area contributed by atoms with Crippen LogP contribution in [0.2, 0.25) is 0 Å². The molecule has 1 aromatic heterocycles. The number of fused-ring (bicyclic) bond motifs is 1. The Bertz CT molecular complexity index is 792. The van der Waals surface area contributed by atoms with Crippen molar-refractivity contribution in [2.45, 2.75) is 12.2 Å². The van der Waals surface area contributed by atoms with E-state index in [9.17, 15) is 24.2 Å². The van der Waals surface area contributed by atoms with Gasteiger partial charge in [0.25, 0.3) is 11.5 Å². The Hall–Kier alpha value is -2.24. The average molecular weight is 345 g/mol. The number of nitrogens with two attached hydrogens (primary N) is 1. The van der Waals surface area contributed by atoms with E-state index in [0.717, 1.165) is 4.90 Å². The minimum absolute atomic E-state index is 0.0100. The number of phosphoric ester groups is 1. The molecule has 6 N–H and O–H groups in total. The number of anilines is 3. The van der Waals surface area contributed by atoms with Gasteiger partial charge in [-0.25, -0.2) is 4.57 Å². The first kappa shape index (κ1) is 15.6. The minimum atomic E-state index is -4.46. The highest BCUT2D eigenvalue weighted by atomic mass is 31.2. The standard InChI is InChI=1S/C10H12N5O7P/c11-10-13-7-5(8(17)14-10)15(2-1-12-7)9(18)6-4(16)3-21-23(19,20)22-6/h1-2,4,6,16H,3H2,(H,19,20)(H4,11,12,13,14,17). The molecule has 0 spiro atoms. The molecule has 1 amide bonds. The Kier molecular flexibility index (Phi) is 3.70. The highest BCUT2D eigenvalue weighted by molar-refractivity contribution is 7.47. The van der Waals surface area contributed by atoms with E-state index in [1.165, 1.54) is 12.4 Å². The molecule has 3 atom stereocenters. The van der Waals surface area contributed by atoms with Gasteiger partial charge in [0.2, 0.25) is 5.95 Å². The van der Waals surface area contributed by atoms with Crippen molar-refractivity contribution < 1.29 is 28.4 Å². The summed E-state index contributed by atoms with van der Waals surface area (Å²) < 4.78 is 20.4. The molecule has 3 unspecified atom stereocenters. The van der Waals surface area contributed by atoms with Crippen LogP contribution in [0.15, 0.2) is 17.2 Å². The van der Waals surface area contributed by atoms with Gasteiger partial charge in [0.15, 0.2) is 17.6 Å². The number of nitrogens with zero attached hydrogens (tertiary/aromatic N) is 2. The first-order valence-electron chi connectivity index (χ1n) is 6.28. The number of aliphatic hydroxyl groups excluding tert-OH is 1. The lowest BCUT2D eigenvalue weighted by molar-refractivity contribution is -0.137. The van der Waals surface area contributed by atoms with Crippen LogP contribution < -0.4 is 21.5 Å². The van der Waals surface area contributed by atoms with Crippen molar-refractivity contribution in [2.75, 3.05) is 22.6 Å². The number of carbonyl (C=O) groups is 1. The molecule has 2 aliphatic rings. The zero-order valence-electron chi connectivity index (χ0n) is 11.4. The topological polar surface area (TPSA) is 180 Å². The summed E-state index contributed by atoms with van der Waals surface area (Å²) in [4.78, 5) is 40.7. The smallest absolute Gasteiger partial charge is 0.387 e. The first-order chi connectivity index (χ1) is 10.8. The fourth-order valence-corrected chi connectivity index (χ4v) is 3.03. The molecule has 1 fully saturated rings. The molecule has 1 saturated heterocycles. The van der Waals surface area contributed by atoms with Crippen LogP contribution in [0.4, 0.5) is 17.5 Å². The number of aliphatic hydroxyl groups is 1. The zero-order chi connectivity index (χ0) is 16.8. The van der Waals surface area contributed by atoms with Crippen molar-refractivity contribution in [1.29, 1.82) is 0 Å². The molecule has 2 aliphatic heterocycles. The van der Waals surface area contributed by atoms with E-state index in [1.54, 1.807) is 0 Å². The summed E-state index contributed by atoms with van der Waals surface area (Å²) in [5.74, 6) is -1.09. The molecule has 0 saturated carbocycles. The second-order valence-corrected chi connectivity index (χ2v) is 6.08. The Morgan fingerprint density at radius 1 is 1.57 bits per heavy atom. The molecule has 124 valence electrons. The number of aromatic amines is 1. The highest BCUT2D eigenvalue weighted by Gasteiger charge is 2.44. The van der Waals surface area contributed by atoms with Gasteiger partial charge >= 0.3 is 7.82 Å². The lowest BCUT2D eigenvalue weighted by atomic mass is 10.2. The number of rotatable bonds is 1. The number of H-pyrrole nitrogens is 1. The maximum Gasteiger partial charge on any atom is 0.473 e. The molecule has 3 heterocycles. The predicted molar refractivity (Wildman–Crippen MR) is 76.2 cm³/mol. The van der Waals surface area contributed by atoms with Crippen LogP contribution >= 0.6 is 7.82 Å². The van der Waals surface area contributed by atoms with Crippen molar-refractivity contribution in [3.63, 3.8) is 0 Å². The van der Waals surface area contributed by atoms with E-state index in [2.05, 4.69) is 24.3 Å². The van der Waals surface area contributed by atoms with E-state index in [1.807, 2.05) is 0 Å². The largest absolute Gasteiger partial charge is 0.473 e. The summed E-state index contributed by atoms with van der Waals surface area (Å²) in [7, 11) is -4.46. The second kappa shape index (κ2) is 5.44. The first-order valence-corrected chi connectivity index (χ1v) is 7.78. The van der Waals surface area contributed by atoms with Crippen LogP contribution in [-0.4, -0.2) is 44.7 Å². The Morgan fingerprint density at radius 2 is 2.30 bits per heavy atom. The fraction of sp³-hybridized carbons (Fsp3) is 0.300. The monoisotopic (exact) mass is 345 g/mol. The van der Waals surface area contributed by atoms with Crippen molar-refractivity contribution in [2.24, 2.45) is 0 Å². The molecule has 3 rings (SSSR count). The molecule has 0 aromatic carbocycles. The molecule has 0 aliphatic carbocycles. The van der Waals surface area contributed by atoms with Crippen molar-refractivity contribution in [1.82, 2.24) is 9.97 Å². The van der Waals surface area contributed by atoms with Crippen molar-refractivity contribution in [3.8, 4) is 0 Å². The molecular weight excluding hydrogens is 333 g/mol. The number of phosphoric acid groups is 1. The van der Waals surface area contributed by atoms with Crippen LogP contribution in [-0.2, 0) is 18.4 Å². The van der Waals surface area contributed by atoms with Gasteiger partial charge in [-0.3, -0.25) is 28.5 Å². The van der Waals surface area contributed by atoms with Gasteiger partial charge in [0.1, 0.15) is 6.10 Å². The normalized spacial score (nSPS) is 29.7. The predicted octanol–water partition coefficient (Wildman–Crippen LogP) is -1.54. The number of amides is 1. The summed E-state index contributed by atoms with van der Waals surface area (Å²) in [6.45, 7) is -0.566. The SMILES string of the molecule is Nc1nc2c(c(=O)[nH]1)N(C(=O)C1OP(=O)(O)OCC1O)C=CN2. The van der Waals surface area contributed by atoms with E-state index in [4.69, 9.17) is 5.73 Å². The highest BCUT2D eigenvalue weighted by Crippen LogP contribution is 2.48. The van der Waals surface area contributed by atoms with Crippen LogP contribution in [0.1, 0.15) is 0 Å². The van der Waals surface area contributed by atoms with E-state index in [-0.39, 0.29) is 17.5 Å². The zero-order valence-corrected chi connectivity index (χ0v) is 12.3. The Balaban J connectivity index is 1.98. The van der Waals surface area contributed by atoms with Gasteiger partial charge in [0.05, 0.1) is 6.61 Å². The quantitative estimate of drug-likeness (QED) is 0.374. The Labute approximate surface area is 128 Å². The van der Waals surface area contributed by atoms with Crippen LogP contribution in [0.3, 0.4) is 0 Å². The maximum absolute atomic E-state index is 12.5. The van der Waals surface area contributed by atoms with Gasteiger partial charge in [-0.15, -0.1) is 0 Å². The molecule has 0 radical (unpaired) electrons. The number of nitrogen functional groups attached to an aromatic ring is 1. The van der Waals surface area contributed by atoms with Gasteiger partial charge in [-0.2, -0.15) is 4.98 Å². The summed E-state index contributed by atoms with van der Waals surface area (Å²) in [5.41, 5.74) is 4.51. The third-order valence-electron chi connectivity index (χ3n) is 3.08. The molecule has 13 heteroatoms. The molecule has 12 nitrogen and oxygen atoms in total. The van der Waals surface area contributed by atoms with Gasteiger partial charge in [0, 0.05) is 12.4 Å². The summed E-state index contributed by atoms with van der Waals surface area (Å²) >= 11 is 0. The summed E-state index contributed by atoms with van der Waals surface area (Å²) in [6.07, 6.45) is -0.682. The fourth-order valence-electron chi connectivity index (χ4n) is 2.11. The van der Waals surface area contributed by atoms with Gasteiger partial charge < -0.3 is 21.1 Å². The third-order valence-corrected chi connectivity index (χ3v) is 4.05. The van der Waals surface area contributed by atoms with Gasteiger partial charge in [-0.1, -0.05) is 0 Å². The average Bonchev–Trinajstić information content (AvgIpc) is 2.48. The summed E-state index contributed by atoms with van der Waals surface area (Å²) in [6, 6.07) is 0. The van der Waals surface area contributed by atoms with E-state index < -0.39 is 38.1 Å². The van der Waals surface area contributed by atoms with Crippen LogP contribution in [0, 0.1) is 0 Å². The summed E-state index contributed by atoms with van der Waals surface area (Å²) in [5, 5.41) is 12.4. The molecular formula is C10H12N5O7P. The van der Waals surface area contributed by atoms with Crippen LogP contribution in [0.25, 0.3) is 0 Å². The van der Waals surface area contributed by atoms with E-state index >= 15 is 0 Å².